The molecule has 0 aliphatic carbocycles. The smallest absolute Gasteiger partial charge is 0.411 e. The van der Waals surface area contributed by atoms with Crippen LogP contribution in [-0.2, 0) is 0 Å². The zero-order chi connectivity index (χ0) is 21.8. The molecular formula is C19H23F3N4O3. The van der Waals surface area contributed by atoms with Crippen LogP contribution in [-0.4, -0.2) is 33.9 Å². The van der Waals surface area contributed by atoms with E-state index in [1.54, 1.807) is 6.92 Å². The molecule has 2 rings (SSSR count). The van der Waals surface area contributed by atoms with Crippen molar-refractivity contribution >= 4 is 6.09 Å². The number of carbonyl (C=O) groups excluding carboxylic acids is 1. The van der Waals surface area contributed by atoms with Crippen LogP contribution < -0.4 is 20.9 Å². The van der Waals surface area contributed by atoms with Crippen molar-refractivity contribution in [2.24, 2.45) is 11.5 Å². The molecule has 0 spiro atoms. The van der Waals surface area contributed by atoms with Gasteiger partial charge in [0.25, 0.3) is 6.43 Å². The number of alkyl halides is 3. The maximum absolute atomic E-state index is 13.9. The van der Waals surface area contributed by atoms with E-state index in [1.165, 1.54) is 44.3 Å². The van der Waals surface area contributed by atoms with E-state index in [-0.39, 0.29) is 30.4 Å². The molecule has 158 valence electrons. The molecule has 0 aliphatic rings. The topological polar surface area (TPSA) is 113 Å². The molecule has 10 heteroatoms. The van der Waals surface area contributed by atoms with Crippen LogP contribution in [0.15, 0.2) is 30.5 Å². The predicted molar refractivity (Wildman–Crippen MR) is 101 cm³/mol. The van der Waals surface area contributed by atoms with Crippen LogP contribution in [0, 0.1) is 0 Å². The van der Waals surface area contributed by atoms with E-state index in [1.807, 2.05) is 0 Å². The largest absolute Gasteiger partial charge is 0.490 e. The highest BCUT2D eigenvalue weighted by Crippen LogP contribution is 2.32. The summed E-state index contributed by atoms with van der Waals surface area (Å²) in [5.41, 5.74) is 8.33. The van der Waals surface area contributed by atoms with Crippen molar-refractivity contribution in [2.45, 2.75) is 44.8 Å². The Kier molecular flexibility index (Phi) is 6.68. The maximum Gasteiger partial charge on any atom is 0.411 e. The number of nitrogens with two attached hydrogens (primary N) is 2. The first-order valence-electron chi connectivity index (χ1n) is 8.70. The Balaban J connectivity index is 2.26. The summed E-state index contributed by atoms with van der Waals surface area (Å²) in [6.07, 6.45) is -2.68. The fourth-order valence-corrected chi connectivity index (χ4v) is 2.88. The number of hydrogen-bond donors (Lipinski definition) is 2. The lowest BCUT2D eigenvalue weighted by Crippen LogP contribution is -2.46. The first-order chi connectivity index (χ1) is 13.4. The molecule has 1 amide bonds. The fourth-order valence-electron chi connectivity index (χ4n) is 2.88. The maximum atomic E-state index is 13.9. The van der Waals surface area contributed by atoms with Gasteiger partial charge in [0, 0.05) is 24.2 Å². The van der Waals surface area contributed by atoms with Gasteiger partial charge in [0.2, 0.25) is 5.88 Å². The average molecular weight is 412 g/mol. The van der Waals surface area contributed by atoms with Crippen molar-refractivity contribution in [2.75, 3.05) is 6.61 Å². The average Bonchev–Trinajstić information content (AvgIpc) is 2.57. The van der Waals surface area contributed by atoms with Gasteiger partial charge in [0.1, 0.15) is 23.7 Å². The number of rotatable bonds is 8. The molecule has 1 unspecified atom stereocenters. The number of amides is 1. The van der Waals surface area contributed by atoms with Gasteiger partial charge in [-0.2, -0.15) is 0 Å². The standard InChI is InChI=1S/C19H23F3N4O3/c1-18(2,22)9-19(3,24)10-28-13-5-4-12(26-15(13)16(20)21)11-6-7-25-14(8-11)29-17(23)27/h4-8,16H,9-10,24H2,1-3H3,(H2,23,27). The Bertz CT molecular complexity index is 870. The highest BCUT2D eigenvalue weighted by Gasteiger charge is 2.30. The zero-order valence-electron chi connectivity index (χ0n) is 16.3. The van der Waals surface area contributed by atoms with E-state index >= 15 is 0 Å². The summed E-state index contributed by atoms with van der Waals surface area (Å²) in [5.74, 6) is -0.247. The van der Waals surface area contributed by atoms with Crippen LogP contribution in [0.1, 0.15) is 39.3 Å². The molecular weight excluding hydrogens is 389 g/mol. The quantitative estimate of drug-likeness (QED) is 0.682. The third kappa shape index (κ3) is 6.90. The molecule has 2 aromatic heterocycles. The molecule has 0 saturated heterocycles. The first-order valence-corrected chi connectivity index (χ1v) is 8.70. The van der Waals surface area contributed by atoms with E-state index in [9.17, 15) is 18.0 Å². The van der Waals surface area contributed by atoms with Crippen molar-refractivity contribution < 1.29 is 27.4 Å². The molecule has 7 nitrogen and oxygen atoms in total. The Morgan fingerprint density at radius 3 is 2.52 bits per heavy atom. The van der Waals surface area contributed by atoms with Gasteiger partial charge in [-0.05, 0) is 39.0 Å². The number of pyridine rings is 2. The van der Waals surface area contributed by atoms with Gasteiger partial charge >= 0.3 is 6.09 Å². The fraction of sp³-hybridized carbons (Fsp3) is 0.421. The number of aromatic nitrogens is 2. The summed E-state index contributed by atoms with van der Waals surface area (Å²) < 4.78 is 51.0. The summed E-state index contributed by atoms with van der Waals surface area (Å²) in [7, 11) is 0. The van der Waals surface area contributed by atoms with Crippen molar-refractivity contribution in [3.63, 3.8) is 0 Å². The number of halogens is 3. The summed E-state index contributed by atoms with van der Waals surface area (Å²) >= 11 is 0. The van der Waals surface area contributed by atoms with Crippen molar-refractivity contribution in [3.05, 3.63) is 36.2 Å². The molecule has 29 heavy (non-hydrogen) atoms. The van der Waals surface area contributed by atoms with Crippen LogP contribution in [0.25, 0.3) is 11.3 Å². The molecule has 2 heterocycles. The highest BCUT2D eigenvalue weighted by molar-refractivity contribution is 5.69. The number of ether oxygens (including phenoxy) is 2. The van der Waals surface area contributed by atoms with E-state index in [0.29, 0.717) is 5.56 Å². The van der Waals surface area contributed by atoms with Gasteiger partial charge in [-0.15, -0.1) is 0 Å². The number of primary amides is 1. The molecule has 0 fully saturated rings. The second kappa shape index (κ2) is 8.64. The zero-order valence-corrected chi connectivity index (χ0v) is 16.3. The molecule has 0 radical (unpaired) electrons. The van der Waals surface area contributed by atoms with Gasteiger partial charge in [-0.1, -0.05) is 0 Å². The minimum Gasteiger partial charge on any atom is -0.490 e. The van der Waals surface area contributed by atoms with E-state index in [2.05, 4.69) is 14.7 Å². The summed E-state index contributed by atoms with van der Waals surface area (Å²) in [6.45, 7) is 4.16. The van der Waals surface area contributed by atoms with Crippen molar-refractivity contribution in [3.8, 4) is 22.9 Å². The molecule has 0 aromatic carbocycles. The number of hydrogen-bond acceptors (Lipinski definition) is 6. The van der Waals surface area contributed by atoms with Gasteiger partial charge in [0.15, 0.2) is 0 Å². The summed E-state index contributed by atoms with van der Waals surface area (Å²) in [5, 5.41) is 0. The van der Waals surface area contributed by atoms with Crippen molar-refractivity contribution in [1.82, 2.24) is 9.97 Å². The Hall–Kier alpha value is -2.88. The highest BCUT2D eigenvalue weighted by atomic mass is 19.3. The molecule has 0 bridgehead atoms. The summed E-state index contributed by atoms with van der Waals surface area (Å²) in [6, 6.07) is 5.63. The number of carbonyl (C=O) groups is 1. The molecule has 2 aromatic rings. The number of nitrogens with zero attached hydrogens (tertiary/aromatic N) is 2. The predicted octanol–water partition coefficient (Wildman–Crippen LogP) is 3.77. The van der Waals surface area contributed by atoms with Crippen LogP contribution in [0.2, 0.25) is 0 Å². The monoisotopic (exact) mass is 412 g/mol. The van der Waals surface area contributed by atoms with Gasteiger partial charge in [0.05, 0.1) is 11.2 Å². The third-order valence-electron chi connectivity index (χ3n) is 3.71. The lowest BCUT2D eigenvalue weighted by molar-refractivity contribution is 0.115. The van der Waals surface area contributed by atoms with Gasteiger partial charge in [-0.25, -0.2) is 27.9 Å². The third-order valence-corrected chi connectivity index (χ3v) is 3.71. The van der Waals surface area contributed by atoms with E-state index < -0.39 is 29.4 Å². The van der Waals surface area contributed by atoms with Crippen LogP contribution in [0.3, 0.4) is 0 Å². The van der Waals surface area contributed by atoms with Gasteiger partial charge < -0.3 is 20.9 Å². The lowest BCUT2D eigenvalue weighted by Gasteiger charge is -2.30. The Morgan fingerprint density at radius 2 is 1.93 bits per heavy atom. The van der Waals surface area contributed by atoms with Crippen molar-refractivity contribution in [1.29, 1.82) is 0 Å². The Labute approximate surface area is 166 Å². The van der Waals surface area contributed by atoms with Crippen LogP contribution in [0.5, 0.6) is 11.6 Å². The normalized spacial score (nSPS) is 13.8. The minimum absolute atomic E-state index is 0.0187. The summed E-state index contributed by atoms with van der Waals surface area (Å²) in [4.78, 5) is 18.6. The first kappa shape index (κ1) is 22.4. The molecule has 4 N–H and O–H groups in total. The second-order valence-corrected chi connectivity index (χ2v) is 7.52. The van der Waals surface area contributed by atoms with E-state index in [0.717, 1.165) is 0 Å². The van der Waals surface area contributed by atoms with Crippen LogP contribution in [0.4, 0.5) is 18.0 Å². The SMILES string of the molecule is CC(C)(F)CC(C)(N)COc1ccc(-c2ccnc(OC(N)=O)c2)nc1C(F)F. The van der Waals surface area contributed by atoms with E-state index in [4.69, 9.17) is 16.2 Å². The van der Waals surface area contributed by atoms with Crippen LogP contribution >= 0.6 is 0 Å². The molecule has 0 aliphatic heterocycles. The second-order valence-electron chi connectivity index (χ2n) is 7.52. The minimum atomic E-state index is -2.92. The lowest BCUT2D eigenvalue weighted by atomic mass is 9.91. The molecule has 0 saturated carbocycles. The van der Waals surface area contributed by atoms with Gasteiger partial charge in [-0.3, -0.25) is 0 Å². The Morgan fingerprint density at radius 1 is 1.24 bits per heavy atom. The molecule has 1 atom stereocenters.